The van der Waals surface area contributed by atoms with Crippen LogP contribution in [0.2, 0.25) is 0 Å². The van der Waals surface area contributed by atoms with E-state index < -0.39 is 21.6 Å². The van der Waals surface area contributed by atoms with Gasteiger partial charge in [0, 0.05) is 19.6 Å². The molecule has 0 amide bonds. The summed E-state index contributed by atoms with van der Waals surface area (Å²) in [6.07, 6.45) is 0.830. The third kappa shape index (κ3) is 4.43. The fraction of sp³-hybridized carbons (Fsp3) is 0.455. The van der Waals surface area contributed by atoms with Crippen LogP contribution < -0.4 is 0 Å². The molecule has 0 saturated carbocycles. The van der Waals surface area contributed by atoms with Crippen LogP contribution >= 0.6 is 0 Å². The number of nitrogens with zero attached hydrogens (tertiary/aromatic N) is 2. The molecule has 0 radical (unpaired) electrons. The normalized spacial score (nSPS) is 24.1. The molecule has 1 spiro atoms. The van der Waals surface area contributed by atoms with Crippen molar-refractivity contribution in [1.29, 1.82) is 0 Å². The minimum absolute atomic E-state index is 0.0357. The van der Waals surface area contributed by atoms with E-state index in [1.54, 1.807) is 0 Å². The van der Waals surface area contributed by atoms with Crippen molar-refractivity contribution in [2.45, 2.75) is 30.6 Å². The average molecular weight is 435 g/mol. The van der Waals surface area contributed by atoms with Gasteiger partial charge in [-0.3, -0.25) is 4.90 Å². The SMILES string of the molecule is Cc1ccccc1CN1CCCOC2(C1)CN(S(=O)(=O)c1ccccc1F)CCO2. The van der Waals surface area contributed by atoms with Gasteiger partial charge in [0.25, 0.3) is 0 Å². The Balaban J connectivity index is 1.55. The Labute approximate surface area is 177 Å². The molecule has 1 unspecified atom stereocenters. The smallest absolute Gasteiger partial charge is 0.246 e. The molecular weight excluding hydrogens is 407 g/mol. The zero-order valence-corrected chi connectivity index (χ0v) is 17.9. The molecule has 2 aromatic carbocycles. The summed E-state index contributed by atoms with van der Waals surface area (Å²) >= 11 is 0. The van der Waals surface area contributed by atoms with E-state index in [1.807, 2.05) is 12.1 Å². The van der Waals surface area contributed by atoms with Gasteiger partial charge in [0.05, 0.1) is 26.3 Å². The first-order valence-electron chi connectivity index (χ1n) is 10.2. The van der Waals surface area contributed by atoms with Gasteiger partial charge in [0.1, 0.15) is 10.7 Å². The van der Waals surface area contributed by atoms with Crippen LogP contribution in [0.25, 0.3) is 0 Å². The summed E-state index contributed by atoms with van der Waals surface area (Å²) in [7, 11) is -3.98. The molecule has 2 fully saturated rings. The summed E-state index contributed by atoms with van der Waals surface area (Å²) < 4.78 is 53.8. The van der Waals surface area contributed by atoms with Crippen molar-refractivity contribution in [2.75, 3.05) is 39.4 Å². The second-order valence-corrected chi connectivity index (χ2v) is 9.77. The predicted octanol–water partition coefficient (Wildman–Crippen LogP) is 2.77. The second-order valence-electron chi connectivity index (χ2n) is 7.87. The lowest BCUT2D eigenvalue weighted by Gasteiger charge is -2.42. The van der Waals surface area contributed by atoms with E-state index in [2.05, 4.69) is 24.0 Å². The number of halogens is 1. The standard InChI is InChI=1S/C22H27FN2O4S/c1-18-7-2-3-8-19(18)15-24-11-6-13-28-22(16-24)17-25(12-14-29-22)30(26,27)21-10-5-4-9-20(21)23/h2-5,7-10H,6,11-17H2,1H3. The van der Waals surface area contributed by atoms with E-state index in [4.69, 9.17) is 9.47 Å². The molecule has 30 heavy (non-hydrogen) atoms. The molecule has 2 heterocycles. The third-order valence-corrected chi connectivity index (χ3v) is 7.56. The molecule has 4 rings (SSSR count). The largest absolute Gasteiger partial charge is 0.347 e. The van der Waals surface area contributed by atoms with Crippen LogP contribution in [-0.4, -0.2) is 62.8 Å². The van der Waals surface area contributed by atoms with Crippen LogP contribution in [0.15, 0.2) is 53.4 Å². The van der Waals surface area contributed by atoms with E-state index in [1.165, 1.54) is 33.6 Å². The second kappa shape index (κ2) is 8.72. The molecule has 2 aromatic rings. The van der Waals surface area contributed by atoms with Gasteiger partial charge in [0.2, 0.25) is 10.0 Å². The molecule has 0 bridgehead atoms. The molecule has 0 aliphatic carbocycles. The molecule has 0 aromatic heterocycles. The number of sulfonamides is 1. The highest BCUT2D eigenvalue weighted by atomic mass is 32.2. The molecule has 2 aliphatic rings. The Kier molecular flexibility index (Phi) is 6.22. The van der Waals surface area contributed by atoms with Crippen molar-refractivity contribution in [3.8, 4) is 0 Å². The van der Waals surface area contributed by atoms with Crippen molar-refractivity contribution >= 4 is 10.0 Å². The van der Waals surface area contributed by atoms with E-state index in [0.717, 1.165) is 25.6 Å². The summed E-state index contributed by atoms with van der Waals surface area (Å²) in [4.78, 5) is 1.93. The van der Waals surface area contributed by atoms with Crippen molar-refractivity contribution < 1.29 is 22.3 Å². The lowest BCUT2D eigenvalue weighted by molar-refractivity contribution is -0.257. The number of hydrogen-bond acceptors (Lipinski definition) is 5. The molecule has 8 heteroatoms. The van der Waals surface area contributed by atoms with Crippen molar-refractivity contribution in [2.24, 2.45) is 0 Å². The Morgan fingerprint density at radius 1 is 1.00 bits per heavy atom. The number of benzene rings is 2. The summed E-state index contributed by atoms with van der Waals surface area (Å²) in [6, 6.07) is 13.7. The fourth-order valence-corrected chi connectivity index (χ4v) is 5.61. The number of aryl methyl sites for hydroxylation is 1. The van der Waals surface area contributed by atoms with Crippen LogP contribution in [0.5, 0.6) is 0 Å². The highest BCUT2D eigenvalue weighted by molar-refractivity contribution is 7.89. The van der Waals surface area contributed by atoms with Gasteiger partial charge in [-0.05, 0) is 36.6 Å². The summed E-state index contributed by atoms with van der Waals surface area (Å²) in [5.74, 6) is -1.81. The highest BCUT2D eigenvalue weighted by Gasteiger charge is 2.44. The van der Waals surface area contributed by atoms with Gasteiger partial charge in [-0.15, -0.1) is 0 Å². The van der Waals surface area contributed by atoms with E-state index >= 15 is 0 Å². The lowest BCUT2D eigenvalue weighted by atomic mass is 10.1. The van der Waals surface area contributed by atoms with Crippen LogP contribution in [0.1, 0.15) is 17.5 Å². The van der Waals surface area contributed by atoms with Gasteiger partial charge in [-0.2, -0.15) is 4.31 Å². The average Bonchev–Trinajstić information content (AvgIpc) is 2.92. The Morgan fingerprint density at radius 2 is 1.73 bits per heavy atom. The fourth-order valence-electron chi connectivity index (χ4n) is 4.08. The number of rotatable bonds is 4. The van der Waals surface area contributed by atoms with Crippen molar-refractivity contribution in [1.82, 2.24) is 9.21 Å². The van der Waals surface area contributed by atoms with Crippen molar-refractivity contribution in [3.63, 3.8) is 0 Å². The first-order valence-corrected chi connectivity index (χ1v) is 11.6. The molecule has 2 saturated heterocycles. The minimum atomic E-state index is -3.98. The molecule has 162 valence electrons. The summed E-state index contributed by atoms with van der Waals surface area (Å²) in [5, 5.41) is 0. The molecule has 2 aliphatic heterocycles. The highest BCUT2D eigenvalue weighted by Crippen LogP contribution is 2.29. The van der Waals surface area contributed by atoms with E-state index in [0.29, 0.717) is 13.2 Å². The molecular formula is C22H27FN2O4S. The van der Waals surface area contributed by atoms with E-state index in [-0.39, 0.29) is 24.6 Å². The minimum Gasteiger partial charge on any atom is -0.347 e. The molecule has 1 atom stereocenters. The first kappa shape index (κ1) is 21.4. The summed E-state index contributed by atoms with van der Waals surface area (Å²) in [5.41, 5.74) is 2.44. The van der Waals surface area contributed by atoms with Crippen LogP contribution in [0.4, 0.5) is 4.39 Å². The van der Waals surface area contributed by atoms with Gasteiger partial charge in [0.15, 0.2) is 5.79 Å². The molecule has 6 nitrogen and oxygen atoms in total. The maximum atomic E-state index is 14.2. The predicted molar refractivity (Wildman–Crippen MR) is 111 cm³/mol. The summed E-state index contributed by atoms with van der Waals surface area (Å²) in [6.45, 7) is 4.99. The van der Waals surface area contributed by atoms with Crippen LogP contribution in [0.3, 0.4) is 0 Å². The Morgan fingerprint density at radius 3 is 2.53 bits per heavy atom. The quantitative estimate of drug-likeness (QED) is 0.741. The van der Waals surface area contributed by atoms with Gasteiger partial charge >= 0.3 is 0 Å². The Bertz CT molecular complexity index is 1000. The van der Waals surface area contributed by atoms with Crippen molar-refractivity contribution in [3.05, 3.63) is 65.5 Å². The molecule has 0 N–H and O–H groups in total. The maximum absolute atomic E-state index is 14.2. The van der Waals surface area contributed by atoms with Gasteiger partial charge < -0.3 is 9.47 Å². The van der Waals surface area contributed by atoms with Crippen LogP contribution in [-0.2, 0) is 26.0 Å². The monoisotopic (exact) mass is 434 g/mol. The number of ether oxygens (including phenoxy) is 2. The van der Waals surface area contributed by atoms with Gasteiger partial charge in [-0.25, -0.2) is 12.8 Å². The zero-order chi connectivity index (χ0) is 21.2. The topological polar surface area (TPSA) is 59.1 Å². The van der Waals surface area contributed by atoms with Gasteiger partial charge in [-0.1, -0.05) is 36.4 Å². The first-order chi connectivity index (χ1) is 14.4. The maximum Gasteiger partial charge on any atom is 0.246 e. The number of hydrogen-bond donors (Lipinski definition) is 0. The van der Waals surface area contributed by atoms with Crippen LogP contribution in [0, 0.1) is 12.7 Å². The van der Waals surface area contributed by atoms with E-state index in [9.17, 15) is 12.8 Å². The zero-order valence-electron chi connectivity index (χ0n) is 17.1. The third-order valence-electron chi connectivity index (χ3n) is 5.68. The number of morpholine rings is 1. The Hall–Kier alpha value is -1.84. The lowest BCUT2D eigenvalue weighted by Crippen LogP contribution is -2.59.